The fourth-order valence-electron chi connectivity index (χ4n) is 2.79. The number of hydrogen-bond donors (Lipinski definition) is 1. The summed E-state index contributed by atoms with van der Waals surface area (Å²) < 4.78 is 1.26. The minimum absolute atomic E-state index is 0.693. The Hall–Kier alpha value is -0.770. The van der Waals surface area contributed by atoms with Gasteiger partial charge in [-0.3, -0.25) is 0 Å². The number of nitrogens with one attached hydrogen (secondary N) is 1. The number of hydrogen-bond acceptors (Lipinski definition) is 2. The lowest BCUT2D eigenvalue weighted by atomic mass is 9.76. The fraction of sp³-hybridized carbons (Fsp3) is 0.333. The molecule has 0 aliphatic heterocycles. The smallest absolute Gasteiger partial charge is 0.0210 e. The Kier molecular flexibility index (Phi) is 5.39. The molecule has 3 rings (SSSR count). The van der Waals surface area contributed by atoms with Gasteiger partial charge in [-0.25, -0.2) is 0 Å². The molecule has 1 aliphatic rings. The Bertz CT molecular complexity index is 566. The molecule has 0 heterocycles. The lowest BCUT2D eigenvalue weighted by molar-refractivity contribution is 0.296. The van der Waals surface area contributed by atoms with Crippen LogP contribution in [0.5, 0.6) is 0 Å². The number of benzene rings is 2. The molecule has 1 aliphatic carbocycles. The summed E-state index contributed by atoms with van der Waals surface area (Å²) in [6, 6.07) is 19.9. The first kappa shape index (κ1) is 15.1. The second-order valence-corrected chi connectivity index (χ2v) is 7.53. The number of rotatable bonds is 6. The summed E-state index contributed by atoms with van der Waals surface area (Å²) in [5.74, 6) is 1.86. The van der Waals surface area contributed by atoms with Gasteiger partial charge >= 0.3 is 0 Å². The average Bonchev–Trinajstić information content (AvgIpc) is 2.47. The van der Waals surface area contributed by atoms with Crippen LogP contribution in [0.15, 0.2) is 64.0 Å². The topological polar surface area (TPSA) is 12.0 Å². The van der Waals surface area contributed by atoms with Crippen molar-refractivity contribution in [3.63, 3.8) is 0 Å². The summed E-state index contributed by atoms with van der Waals surface area (Å²) in [5.41, 5.74) is 1.47. The first-order chi connectivity index (χ1) is 10.3. The van der Waals surface area contributed by atoms with E-state index in [2.05, 4.69) is 75.8 Å². The van der Waals surface area contributed by atoms with Crippen molar-refractivity contribution >= 4 is 27.7 Å². The summed E-state index contributed by atoms with van der Waals surface area (Å²) in [7, 11) is 0. The molecule has 0 spiro atoms. The van der Waals surface area contributed by atoms with Crippen LogP contribution in [-0.2, 0) is 0 Å². The van der Waals surface area contributed by atoms with Gasteiger partial charge in [-0.15, -0.1) is 11.8 Å². The maximum Gasteiger partial charge on any atom is 0.0210 e. The molecule has 0 atom stereocenters. The van der Waals surface area contributed by atoms with Gasteiger partial charge < -0.3 is 5.32 Å². The van der Waals surface area contributed by atoms with Crippen LogP contribution in [-0.4, -0.2) is 18.3 Å². The second-order valence-electron chi connectivity index (χ2n) is 5.50. The van der Waals surface area contributed by atoms with Crippen molar-refractivity contribution in [2.75, 3.05) is 12.3 Å². The Labute approximate surface area is 139 Å². The van der Waals surface area contributed by atoms with Gasteiger partial charge in [-0.05, 0) is 42.5 Å². The van der Waals surface area contributed by atoms with Crippen LogP contribution < -0.4 is 5.32 Å². The number of halogens is 1. The molecule has 110 valence electrons. The van der Waals surface area contributed by atoms with E-state index in [0.29, 0.717) is 6.04 Å². The standard InChI is InChI=1S/C18H20BrNS/c19-18-9-5-4-8-17(18)14-12-15(13-14)20-10-11-21-16-6-2-1-3-7-16/h1-9,14-15,20H,10-13H2. The van der Waals surface area contributed by atoms with Crippen LogP contribution in [0.4, 0.5) is 0 Å². The molecule has 1 N–H and O–H groups in total. The molecule has 0 bridgehead atoms. The highest BCUT2D eigenvalue weighted by Crippen LogP contribution is 2.39. The maximum atomic E-state index is 3.67. The molecule has 3 heteroatoms. The highest BCUT2D eigenvalue weighted by molar-refractivity contribution is 9.10. The van der Waals surface area contributed by atoms with Crippen molar-refractivity contribution in [2.24, 2.45) is 0 Å². The monoisotopic (exact) mass is 361 g/mol. The van der Waals surface area contributed by atoms with Gasteiger partial charge in [-0.2, -0.15) is 0 Å². The van der Waals surface area contributed by atoms with E-state index in [0.717, 1.165) is 18.2 Å². The highest BCUT2D eigenvalue weighted by atomic mass is 79.9. The van der Waals surface area contributed by atoms with E-state index in [-0.39, 0.29) is 0 Å². The molecule has 21 heavy (non-hydrogen) atoms. The van der Waals surface area contributed by atoms with Gasteiger partial charge in [0.2, 0.25) is 0 Å². The Balaban J connectivity index is 1.35. The van der Waals surface area contributed by atoms with Crippen LogP contribution in [0.25, 0.3) is 0 Å². The van der Waals surface area contributed by atoms with Gasteiger partial charge in [0.25, 0.3) is 0 Å². The van der Waals surface area contributed by atoms with E-state index in [1.807, 2.05) is 11.8 Å². The molecule has 0 amide bonds. The van der Waals surface area contributed by atoms with Crippen LogP contribution in [0, 0.1) is 0 Å². The Morgan fingerprint density at radius 2 is 1.71 bits per heavy atom. The predicted molar refractivity (Wildman–Crippen MR) is 95.1 cm³/mol. The van der Waals surface area contributed by atoms with E-state index in [9.17, 15) is 0 Å². The summed E-state index contributed by atoms with van der Waals surface area (Å²) in [6.07, 6.45) is 2.53. The number of thioether (sulfide) groups is 1. The van der Waals surface area contributed by atoms with Gasteiger partial charge in [0, 0.05) is 27.7 Å². The summed E-state index contributed by atoms with van der Waals surface area (Å²) in [4.78, 5) is 1.36. The average molecular weight is 362 g/mol. The van der Waals surface area contributed by atoms with E-state index < -0.39 is 0 Å². The molecule has 0 radical (unpaired) electrons. The van der Waals surface area contributed by atoms with Gasteiger partial charge in [0.1, 0.15) is 0 Å². The predicted octanol–water partition coefficient (Wildman–Crippen LogP) is 5.08. The van der Waals surface area contributed by atoms with E-state index in [1.54, 1.807) is 0 Å². The third-order valence-electron chi connectivity index (χ3n) is 4.03. The largest absolute Gasteiger partial charge is 0.313 e. The molecule has 1 nitrogen and oxygen atoms in total. The lowest BCUT2D eigenvalue weighted by Gasteiger charge is -2.37. The minimum atomic E-state index is 0.693. The summed E-state index contributed by atoms with van der Waals surface area (Å²) in [5, 5.41) is 3.67. The van der Waals surface area contributed by atoms with Crippen LogP contribution in [0.2, 0.25) is 0 Å². The molecular formula is C18H20BrNS. The third kappa shape index (κ3) is 4.12. The Morgan fingerprint density at radius 1 is 1.00 bits per heavy atom. The third-order valence-corrected chi connectivity index (χ3v) is 5.77. The molecule has 0 aromatic heterocycles. The van der Waals surface area contributed by atoms with Crippen molar-refractivity contribution in [1.82, 2.24) is 5.32 Å². The molecule has 0 unspecified atom stereocenters. The summed E-state index contributed by atoms with van der Waals surface area (Å²) in [6.45, 7) is 1.09. The van der Waals surface area contributed by atoms with E-state index in [1.165, 1.54) is 27.8 Å². The summed E-state index contributed by atoms with van der Waals surface area (Å²) >= 11 is 5.58. The van der Waals surface area contributed by atoms with Crippen LogP contribution in [0.1, 0.15) is 24.3 Å². The first-order valence-corrected chi connectivity index (χ1v) is 9.26. The molecule has 2 aromatic rings. The quantitative estimate of drug-likeness (QED) is 0.568. The molecular weight excluding hydrogens is 342 g/mol. The zero-order valence-electron chi connectivity index (χ0n) is 12.0. The van der Waals surface area contributed by atoms with Crippen molar-refractivity contribution in [3.8, 4) is 0 Å². The van der Waals surface area contributed by atoms with Gasteiger partial charge in [0.15, 0.2) is 0 Å². The second kappa shape index (κ2) is 7.48. The van der Waals surface area contributed by atoms with Crippen LogP contribution >= 0.6 is 27.7 Å². The highest BCUT2D eigenvalue weighted by Gasteiger charge is 2.30. The first-order valence-electron chi connectivity index (χ1n) is 7.48. The maximum absolute atomic E-state index is 3.67. The fourth-order valence-corrected chi connectivity index (χ4v) is 4.21. The molecule has 2 aromatic carbocycles. The van der Waals surface area contributed by atoms with Gasteiger partial charge in [-0.1, -0.05) is 52.3 Å². The van der Waals surface area contributed by atoms with Crippen molar-refractivity contribution in [3.05, 3.63) is 64.6 Å². The molecule has 0 saturated heterocycles. The SMILES string of the molecule is Brc1ccccc1C1CC(NCCSc2ccccc2)C1. The zero-order valence-corrected chi connectivity index (χ0v) is 14.4. The minimum Gasteiger partial charge on any atom is -0.313 e. The normalized spacial score (nSPS) is 21.0. The molecule has 1 fully saturated rings. The van der Waals surface area contributed by atoms with E-state index >= 15 is 0 Å². The lowest BCUT2D eigenvalue weighted by Crippen LogP contribution is -2.41. The zero-order chi connectivity index (χ0) is 14.5. The van der Waals surface area contributed by atoms with Crippen molar-refractivity contribution < 1.29 is 0 Å². The molecule has 1 saturated carbocycles. The van der Waals surface area contributed by atoms with E-state index in [4.69, 9.17) is 0 Å². The van der Waals surface area contributed by atoms with Crippen molar-refractivity contribution in [1.29, 1.82) is 0 Å². The van der Waals surface area contributed by atoms with Gasteiger partial charge in [0.05, 0.1) is 0 Å². The Morgan fingerprint density at radius 3 is 2.48 bits per heavy atom. The van der Waals surface area contributed by atoms with Crippen molar-refractivity contribution in [2.45, 2.75) is 29.7 Å². The van der Waals surface area contributed by atoms with Crippen LogP contribution in [0.3, 0.4) is 0 Å².